The standard InChI is InChI=1S/C13H21N5O/c1-13(2)8-4-3-5-10(13)15-12(19)9-6-7-11(16-14)18-17-9/h6-7,10H,3-5,8,14H2,1-2H3,(H,15,19)(H,16,18). The van der Waals surface area contributed by atoms with Crippen molar-refractivity contribution in [3.05, 3.63) is 17.8 Å². The van der Waals surface area contributed by atoms with Gasteiger partial charge in [-0.25, -0.2) is 5.84 Å². The fourth-order valence-electron chi connectivity index (χ4n) is 2.52. The summed E-state index contributed by atoms with van der Waals surface area (Å²) in [4.78, 5) is 12.1. The molecule has 1 amide bonds. The normalized spacial score (nSPS) is 21.7. The van der Waals surface area contributed by atoms with Crippen LogP contribution in [0.1, 0.15) is 50.0 Å². The molecule has 0 radical (unpaired) electrons. The van der Waals surface area contributed by atoms with E-state index in [1.54, 1.807) is 12.1 Å². The van der Waals surface area contributed by atoms with Crippen molar-refractivity contribution in [3.63, 3.8) is 0 Å². The summed E-state index contributed by atoms with van der Waals surface area (Å²) >= 11 is 0. The molecule has 0 spiro atoms. The molecule has 1 aliphatic carbocycles. The molecule has 2 rings (SSSR count). The van der Waals surface area contributed by atoms with Gasteiger partial charge in [0.2, 0.25) is 0 Å². The summed E-state index contributed by atoms with van der Waals surface area (Å²) in [6.45, 7) is 4.40. The van der Waals surface area contributed by atoms with E-state index >= 15 is 0 Å². The highest BCUT2D eigenvalue weighted by atomic mass is 16.2. The Hall–Kier alpha value is -1.69. The first-order valence-corrected chi connectivity index (χ1v) is 6.64. The molecular weight excluding hydrogens is 242 g/mol. The van der Waals surface area contributed by atoms with Gasteiger partial charge in [-0.05, 0) is 30.4 Å². The number of nitrogens with zero attached hydrogens (tertiary/aromatic N) is 2. The van der Waals surface area contributed by atoms with Crippen molar-refractivity contribution < 1.29 is 4.79 Å². The van der Waals surface area contributed by atoms with Crippen LogP contribution in [-0.4, -0.2) is 22.1 Å². The van der Waals surface area contributed by atoms with Gasteiger partial charge in [-0.3, -0.25) is 4.79 Å². The van der Waals surface area contributed by atoms with Crippen molar-refractivity contribution in [2.45, 2.75) is 45.6 Å². The number of hydrogen-bond donors (Lipinski definition) is 3. The molecule has 1 saturated carbocycles. The lowest BCUT2D eigenvalue weighted by Crippen LogP contribution is -2.47. The van der Waals surface area contributed by atoms with Gasteiger partial charge in [0, 0.05) is 6.04 Å². The summed E-state index contributed by atoms with van der Waals surface area (Å²) < 4.78 is 0. The van der Waals surface area contributed by atoms with Crippen molar-refractivity contribution >= 4 is 11.7 Å². The summed E-state index contributed by atoms with van der Waals surface area (Å²) in [5, 5.41) is 10.7. The molecule has 0 bridgehead atoms. The maximum absolute atomic E-state index is 12.1. The van der Waals surface area contributed by atoms with Gasteiger partial charge in [0.15, 0.2) is 11.5 Å². The van der Waals surface area contributed by atoms with E-state index in [4.69, 9.17) is 5.84 Å². The van der Waals surface area contributed by atoms with Crippen molar-refractivity contribution in [3.8, 4) is 0 Å². The number of hydrogen-bond acceptors (Lipinski definition) is 5. The van der Waals surface area contributed by atoms with Gasteiger partial charge in [-0.1, -0.05) is 26.7 Å². The number of nitrogen functional groups attached to an aromatic ring is 1. The van der Waals surface area contributed by atoms with Crippen molar-refractivity contribution in [2.75, 3.05) is 5.43 Å². The number of amides is 1. The number of rotatable bonds is 3. The van der Waals surface area contributed by atoms with Crippen LogP contribution in [0.5, 0.6) is 0 Å². The van der Waals surface area contributed by atoms with Gasteiger partial charge < -0.3 is 10.7 Å². The molecule has 1 aromatic rings. The minimum atomic E-state index is -0.170. The molecule has 1 atom stereocenters. The fourth-order valence-corrected chi connectivity index (χ4v) is 2.52. The minimum Gasteiger partial charge on any atom is -0.347 e. The lowest BCUT2D eigenvalue weighted by atomic mass is 9.73. The number of aromatic nitrogens is 2. The van der Waals surface area contributed by atoms with E-state index < -0.39 is 0 Å². The molecule has 19 heavy (non-hydrogen) atoms. The largest absolute Gasteiger partial charge is 0.347 e. The Morgan fingerprint density at radius 2 is 2.16 bits per heavy atom. The van der Waals surface area contributed by atoms with E-state index in [1.165, 1.54) is 6.42 Å². The molecular formula is C13H21N5O. The molecule has 1 aliphatic rings. The van der Waals surface area contributed by atoms with Crippen LogP contribution in [0.25, 0.3) is 0 Å². The molecule has 0 aromatic carbocycles. The van der Waals surface area contributed by atoms with E-state index in [0.717, 1.165) is 19.3 Å². The van der Waals surface area contributed by atoms with Crippen LogP contribution in [-0.2, 0) is 0 Å². The zero-order chi connectivity index (χ0) is 13.9. The molecule has 6 nitrogen and oxygen atoms in total. The summed E-state index contributed by atoms with van der Waals surface area (Å²) in [7, 11) is 0. The van der Waals surface area contributed by atoms with Crippen LogP contribution < -0.4 is 16.6 Å². The molecule has 104 valence electrons. The van der Waals surface area contributed by atoms with Crippen LogP contribution >= 0.6 is 0 Å². The average molecular weight is 263 g/mol. The highest BCUT2D eigenvalue weighted by Gasteiger charge is 2.33. The topological polar surface area (TPSA) is 92.9 Å². The Kier molecular flexibility index (Phi) is 3.99. The number of nitrogens with one attached hydrogen (secondary N) is 2. The Morgan fingerprint density at radius 1 is 1.37 bits per heavy atom. The molecule has 4 N–H and O–H groups in total. The average Bonchev–Trinajstić information content (AvgIpc) is 2.41. The molecule has 1 unspecified atom stereocenters. The van der Waals surface area contributed by atoms with Gasteiger partial charge in [0.1, 0.15) is 0 Å². The fraction of sp³-hybridized carbons (Fsp3) is 0.615. The van der Waals surface area contributed by atoms with Crippen LogP contribution in [0.2, 0.25) is 0 Å². The Balaban J connectivity index is 2.03. The van der Waals surface area contributed by atoms with Gasteiger partial charge in [-0.15, -0.1) is 10.2 Å². The van der Waals surface area contributed by atoms with E-state index in [2.05, 4.69) is 34.8 Å². The number of hydrazine groups is 1. The zero-order valence-electron chi connectivity index (χ0n) is 11.4. The number of carbonyl (C=O) groups is 1. The summed E-state index contributed by atoms with van der Waals surface area (Å²) in [6.07, 6.45) is 4.56. The van der Waals surface area contributed by atoms with Crippen LogP contribution in [0.15, 0.2) is 12.1 Å². The van der Waals surface area contributed by atoms with Crippen molar-refractivity contribution in [2.24, 2.45) is 11.3 Å². The predicted octanol–water partition coefficient (Wildman–Crippen LogP) is 1.46. The zero-order valence-corrected chi connectivity index (χ0v) is 11.4. The smallest absolute Gasteiger partial charge is 0.272 e. The van der Waals surface area contributed by atoms with Crippen LogP contribution in [0.3, 0.4) is 0 Å². The van der Waals surface area contributed by atoms with Gasteiger partial charge >= 0.3 is 0 Å². The third kappa shape index (κ3) is 3.20. The van der Waals surface area contributed by atoms with E-state index in [0.29, 0.717) is 11.5 Å². The SMILES string of the molecule is CC1(C)CCCCC1NC(=O)c1ccc(NN)nn1. The first-order chi connectivity index (χ1) is 9.03. The minimum absolute atomic E-state index is 0.139. The Bertz CT molecular complexity index is 443. The van der Waals surface area contributed by atoms with Gasteiger partial charge in [0.25, 0.3) is 5.91 Å². The Labute approximate surface area is 113 Å². The third-order valence-corrected chi connectivity index (χ3v) is 3.86. The van der Waals surface area contributed by atoms with Crippen LogP contribution in [0, 0.1) is 5.41 Å². The third-order valence-electron chi connectivity index (χ3n) is 3.86. The number of anilines is 1. The van der Waals surface area contributed by atoms with Crippen molar-refractivity contribution in [1.29, 1.82) is 0 Å². The van der Waals surface area contributed by atoms with Crippen molar-refractivity contribution in [1.82, 2.24) is 15.5 Å². The first kappa shape index (κ1) is 13.7. The summed E-state index contributed by atoms with van der Waals surface area (Å²) in [5.74, 6) is 5.48. The molecule has 1 fully saturated rings. The molecule has 0 saturated heterocycles. The number of nitrogens with two attached hydrogens (primary N) is 1. The lowest BCUT2D eigenvalue weighted by molar-refractivity contribution is 0.0847. The maximum Gasteiger partial charge on any atom is 0.272 e. The second-order valence-electron chi connectivity index (χ2n) is 5.71. The summed E-state index contributed by atoms with van der Waals surface area (Å²) in [6, 6.07) is 3.45. The highest BCUT2D eigenvalue weighted by Crippen LogP contribution is 2.35. The van der Waals surface area contributed by atoms with E-state index in [9.17, 15) is 4.79 Å². The first-order valence-electron chi connectivity index (χ1n) is 6.64. The molecule has 6 heteroatoms. The summed E-state index contributed by atoms with van der Waals surface area (Å²) in [5.41, 5.74) is 2.84. The monoisotopic (exact) mass is 263 g/mol. The van der Waals surface area contributed by atoms with E-state index in [1.807, 2.05) is 0 Å². The predicted molar refractivity (Wildman–Crippen MR) is 73.3 cm³/mol. The molecule has 1 aromatic heterocycles. The quantitative estimate of drug-likeness (QED) is 0.567. The van der Waals surface area contributed by atoms with Gasteiger partial charge in [0.05, 0.1) is 0 Å². The van der Waals surface area contributed by atoms with E-state index in [-0.39, 0.29) is 17.4 Å². The second kappa shape index (κ2) is 5.52. The maximum atomic E-state index is 12.1. The lowest BCUT2D eigenvalue weighted by Gasteiger charge is -2.38. The highest BCUT2D eigenvalue weighted by molar-refractivity contribution is 5.92. The molecule has 0 aliphatic heterocycles. The van der Waals surface area contributed by atoms with Gasteiger partial charge in [-0.2, -0.15) is 0 Å². The molecule has 1 heterocycles. The Morgan fingerprint density at radius 3 is 2.74 bits per heavy atom. The van der Waals surface area contributed by atoms with Crippen LogP contribution in [0.4, 0.5) is 5.82 Å². The second-order valence-corrected chi connectivity index (χ2v) is 5.71. The number of carbonyl (C=O) groups excluding carboxylic acids is 1.